The third-order valence-electron chi connectivity index (χ3n) is 4.12. The van der Waals surface area contributed by atoms with Crippen molar-refractivity contribution >= 4 is 15.9 Å². The molecule has 0 nitrogen and oxygen atoms in total. The van der Waals surface area contributed by atoms with Crippen LogP contribution in [0.1, 0.15) is 27.8 Å². The summed E-state index contributed by atoms with van der Waals surface area (Å²) in [6.07, 6.45) is -3.90. The summed E-state index contributed by atoms with van der Waals surface area (Å²) in [6, 6.07) is 6.32. The highest BCUT2D eigenvalue weighted by Gasteiger charge is 2.34. The first-order valence-electron chi connectivity index (χ1n) is 9.50. The van der Waals surface area contributed by atoms with Gasteiger partial charge < -0.3 is 0 Å². The summed E-state index contributed by atoms with van der Waals surface area (Å²) >= 11 is 2.62. The lowest BCUT2D eigenvalue weighted by molar-refractivity contribution is -0.138. The lowest BCUT2D eigenvalue weighted by atomic mass is 10.1. The topological polar surface area (TPSA) is 0 Å². The van der Waals surface area contributed by atoms with Crippen molar-refractivity contribution in [2.24, 2.45) is 0 Å². The van der Waals surface area contributed by atoms with Crippen molar-refractivity contribution in [3.8, 4) is 24.7 Å². The van der Waals surface area contributed by atoms with E-state index in [-0.39, 0.29) is 4.47 Å². The van der Waals surface area contributed by atoms with E-state index in [2.05, 4.69) is 15.9 Å². The van der Waals surface area contributed by atoms with Gasteiger partial charge in [-0.2, -0.15) is 39.5 Å². The minimum Gasteiger partial charge on any atom is -0.207 e. The summed E-state index contributed by atoms with van der Waals surface area (Å²) in [7, 11) is 0. The standard InChI is InChI=1S/2C9H4F4.C7H3BrF4/c2*1-2-6-5-7(10)3-4-8(6)9(11,12)13;8-6-3-4(9)1-2-5(6)7(10,11)12/h2*1,3-5H;1-3H. The number of halogens is 13. The van der Waals surface area contributed by atoms with Gasteiger partial charge >= 0.3 is 18.5 Å². The Kier molecular flexibility index (Phi) is 10.9. The molecule has 0 saturated carbocycles. The van der Waals surface area contributed by atoms with Crippen LogP contribution in [0.4, 0.5) is 52.7 Å². The molecule has 38 heavy (non-hydrogen) atoms. The minimum absolute atomic E-state index is 0.282. The van der Waals surface area contributed by atoms with E-state index in [0.717, 1.165) is 24.3 Å². The van der Waals surface area contributed by atoms with E-state index in [1.807, 2.05) is 0 Å². The number of alkyl halides is 9. The fourth-order valence-electron chi connectivity index (χ4n) is 2.49. The molecule has 0 spiro atoms. The summed E-state index contributed by atoms with van der Waals surface area (Å²) < 4.78 is 146. The maximum Gasteiger partial charge on any atom is 0.417 e. The van der Waals surface area contributed by atoms with Crippen LogP contribution in [0.2, 0.25) is 0 Å². The lowest BCUT2D eigenvalue weighted by Crippen LogP contribution is -2.07. The van der Waals surface area contributed by atoms with Gasteiger partial charge in [-0.05, 0) is 54.6 Å². The molecule has 0 aliphatic heterocycles. The van der Waals surface area contributed by atoms with E-state index in [9.17, 15) is 52.7 Å². The predicted molar refractivity (Wildman–Crippen MR) is 118 cm³/mol. The normalized spacial score (nSPS) is 11.2. The fraction of sp³-hybridized carbons (Fsp3) is 0.120. The monoisotopic (exact) mass is 618 g/mol. The van der Waals surface area contributed by atoms with Gasteiger partial charge in [-0.1, -0.05) is 27.8 Å². The van der Waals surface area contributed by atoms with Crippen molar-refractivity contribution in [3.05, 3.63) is 104 Å². The van der Waals surface area contributed by atoms with Crippen LogP contribution in [0.5, 0.6) is 0 Å². The quantitative estimate of drug-likeness (QED) is 0.174. The molecule has 202 valence electrons. The highest BCUT2D eigenvalue weighted by Crippen LogP contribution is 2.35. The van der Waals surface area contributed by atoms with Gasteiger partial charge in [0.2, 0.25) is 0 Å². The number of hydrogen-bond donors (Lipinski definition) is 0. The summed E-state index contributed by atoms with van der Waals surface area (Å²) in [4.78, 5) is 0. The Morgan fingerprint density at radius 3 is 1.05 bits per heavy atom. The molecule has 0 aromatic heterocycles. The molecule has 0 bridgehead atoms. The zero-order chi connectivity index (χ0) is 29.5. The molecule has 0 unspecified atom stereocenters. The zero-order valence-electron chi connectivity index (χ0n) is 18.3. The highest BCUT2D eigenvalue weighted by atomic mass is 79.9. The Labute approximate surface area is 216 Å². The molecule has 3 aromatic carbocycles. The molecular formula is C25H11BrF12. The van der Waals surface area contributed by atoms with Crippen LogP contribution in [0.3, 0.4) is 0 Å². The second kappa shape index (κ2) is 12.8. The predicted octanol–water partition coefficient (Wildman–Crippen LogP) is 9.26. The van der Waals surface area contributed by atoms with E-state index in [0.29, 0.717) is 30.3 Å². The number of benzene rings is 3. The minimum atomic E-state index is -4.53. The van der Waals surface area contributed by atoms with Crippen LogP contribution in [0.25, 0.3) is 0 Å². The van der Waals surface area contributed by atoms with E-state index < -0.39 is 63.8 Å². The zero-order valence-corrected chi connectivity index (χ0v) is 19.9. The largest absolute Gasteiger partial charge is 0.417 e. The Balaban J connectivity index is 0.000000285. The average Bonchev–Trinajstić information content (AvgIpc) is 2.77. The first-order chi connectivity index (χ1) is 17.3. The van der Waals surface area contributed by atoms with Gasteiger partial charge in [0.1, 0.15) is 17.5 Å². The van der Waals surface area contributed by atoms with Gasteiger partial charge in [-0.25, -0.2) is 13.2 Å². The molecule has 0 heterocycles. The Morgan fingerprint density at radius 2 is 0.789 bits per heavy atom. The van der Waals surface area contributed by atoms with E-state index in [1.165, 1.54) is 0 Å². The molecule has 0 radical (unpaired) electrons. The summed E-state index contributed by atoms with van der Waals surface area (Å²) in [5, 5.41) is 0. The first-order valence-corrected chi connectivity index (χ1v) is 10.3. The van der Waals surface area contributed by atoms with Crippen LogP contribution in [0, 0.1) is 42.1 Å². The van der Waals surface area contributed by atoms with Crippen LogP contribution >= 0.6 is 15.9 Å². The van der Waals surface area contributed by atoms with Crippen molar-refractivity contribution < 1.29 is 52.7 Å². The second-order valence-corrected chi connectivity index (χ2v) is 7.64. The molecule has 0 atom stereocenters. The van der Waals surface area contributed by atoms with E-state index >= 15 is 0 Å². The molecule has 0 aliphatic carbocycles. The maximum absolute atomic E-state index is 12.5. The van der Waals surface area contributed by atoms with Crippen LogP contribution in [0.15, 0.2) is 59.1 Å². The third-order valence-corrected chi connectivity index (χ3v) is 4.78. The molecule has 3 aromatic rings. The third kappa shape index (κ3) is 9.71. The average molecular weight is 619 g/mol. The number of rotatable bonds is 0. The van der Waals surface area contributed by atoms with Gasteiger partial charge in [0.15, 0.2) is 0 Å². The number of hydrogen-bond acceptors (Lipinski definition) is 0. The van der Waals surface area contributed by atoms with Crippen LogP contribution in [-0.4, -0.2) is 0 Å². The van der Waals surface area contributed by atoms with Crippen molar-refractivity contribution in [2.45, 2.75) is 18.5 Å². The molecular weight excluding hydrogens is 608 g/mol. The molecule has 3 rings (SSSR count). The lowest BCUT2D eigenvalue weighted by Gasteiger charge is -2.08. The maximum atomic E-state index is 12.5. The first kappa shape index (κ1) is 32.4. The van der Waals surface area contributed by atoms with Crippen LogP contribution < -0.4 is 0 Å². The highest BCUT2D eigenvalue weighted by molar-refractivity contribution is 9.10. The summed E-state index contributed by atoms with van der Waals surface area (Å²) in [5.41, 5.74) is -3.81. The summed E-state index contributed by atoms with van der Waals surface area (Å²) in [6.45, 7) is 0. The summed E-state index contributed by atoms with van der Waals surface area (Å²) in [5.74, 6) is 1.31. The van der Waals surface area contributed by atoms with Gasteiger partial charge in [0.25, 0.3) is 0 Å². The number of terminal acetylenes is 2. The Bertz CT molecular complexity index is 1260. The van der Waals surface area contributed by atoms with Crippen molar-refractivity contribution in [3.63, 3.8) is 0 Å². The van der Waals surface area contributed by atoms with Crippen molar-refractivity contribution in [1.82, 2.24) is 0 Å². The van der Waals surface area contributed by atoms with Gasteiger partial charge in [-0.3, -0.25) is 0 Å². The Morgan fingerprint density at radius 1 is 0.500 bits per heavy atom. The van der Waals surface area contributed by atoms with Crippen molar-refractivity contribution in [1.29, 1.82) is 0 Å². The van der Waals surface area contributed by atoms with E-state index in [4.69, 9.17) is 12.8 Å². The van der Waals surface area contributed by atoms with Gasteiger partial charge in [0.05, 0.1) is 16.7 Å². The smallest absolute Gasteiger partial charge is 0.207 e. The van der Waals surface area contributed by atoms with E-state index in [1.54, 1.807) is 11.8 Å². The molecule has 0 amide bonds. The molecule has 0 N–H and O–H groups in total. The molecule has 0 saturated heterocycles. The fourth-order valence-corrected chi connectivity index (χ4v) is 3.06. The van der Waals surface area contributed by atoms with Gasteiger partial charge in [0, 0.05) is 15.6 Å². The van der Waals surface area contributed by atoms with Crippen LogP contribution in [-0.2, 0) is 18.5 Å². The second-order valence-electron chi connectivity index (χ2n) is 6.79. The van der Waals surface area contributed by atoms with Crippen molar-refractivity contribution in [2.75, 3.05) is 0 Å². The van der Waals surface area contributed by atoms with Gasteiger partial charge in [-0.15, -0.1) is 12.8 Å². The Hall–Kier alpha value is -3.58. The SMILES string of the molecule is C#Cc1cc(F)ccc1C(F)(F)F.C#Cc1cc(F)ccc1C(F)(F)F.Fc1ccc(C(F)(F)F)c(Br)c1. The molecule has 0 fully saturated rings. The molecule has 13 heteroatoms. The molecule has 0 aliphatic rings.